The van der Waals surface area contributed by atoms with Crippen molar-refractivity contribution in [1.29, 1.82) is 0 Å². The number of carbonyl (C=O) groups is 3. The number of non-ortho nitro benzene ring substituents is 1. The SMILES string of the molecule is COC(=O)C(Br)CN1C(=O)C(=O)c2cc([N+](=O)[O-])ccc21. The van der Waals surface area contributed by atoms with Gasteiger partial charge in [0.25, 0.3) is 17.4 Å². The van der Waals surface area contributed by atoms with E-state index in [9.17, 15) is 24.5 Å². The Hall–Kier alpha value is -2.29. The van der Waals surface area contributed by atoms with E-state index in [0.717, 1.165) is 11.0 Å². The van der Waals surface area contributed by atoms with Crippen LogP contribution in [0.5, 0.6) is 0 Å². The Morgan fingerprint density at radius 1 is 1.48 bits per heavy atom. The summed E-state index contributed by atoms with van der Waals surface area (Å²) in [7, 11) is 1.20. The zero-order valence-corrected chi connectivity index (χ0v) is 12.3. The molecule has 0 aliphatic carbocycles. The molecule has 1 unspecified atom stereocenters. The van der Waals surface area contributed by atoms with Crippen LogP contribution in [0.4, 0.5) is 11.4 Å². The molecule has 9 heteroatoms. The predicted molar refractivity (Wildman–Crippen MR) is 74.5 cm³/mol. The molecule has 2 rings (SSSR count). The van der Waals surface area contributed by atoms with Crippen LogP contribution in [0.2, 0.25) is 0 Å². The highest BCUT2D eigenvalue weighted by molar-refractivity contribution is 9.10. The minimum absolute atomic E-state index is 0.0428. The van der Waals surface area contributed by atoms with Gasteiger partial charge in [0.05, 0.1) is 23.3 Å². The average molecular weight is 357 g/mol. The van der Waals surface area contributed by atoms with Crippen LogP contribution in [-0.2, 0) is 14.3 Å². The molecular formula is C12H9BrN2O6. The van der Waals surface area contributed by atoms with Gasteiger partial charge < -0.3 is 9.64 Å². The molecule has 1 amide bonds. The van der Waals surface area contributed by atoms with Crippen LogP contribution in [0, 0.1) is 10.1 Å². The van der Waals surface area contributed by atoms with Gasteiger partial charge in [0.2, 0.25) is 0 Å². The first-order valence-corrected chi connectivity index (χ1v) is 6.65. The van der Waals surface area contributed by atoms with Gasteiger partial charge in [-0.1, -0.05) is 15.9 Å². The number of Topliss-reactive ketones (excluding diaryl/α,β-unsaturated/α-hetero) is 1. The fourth-order valence-corrected chi connectivity index (χ4v) is 2.42. The van der Waals surface area contributed by atoms with E-state index in [4.69, 9.17) is 0 Å². The molecule has 1 aromatic rings. The molecular weight excluding hydrogens is 348 g/mol. The van der Waals surface area contributed by atoms with Gasteiger partial charge in [0, 0.05) is 18.7 Å². The Balaban J connectivity index is 2.36. The summed E-state index contributed by atoms with van der Waals surface area (Å²) in [5, 5.41) is 10.7. The van der Waals surface area contributed by atoms with Gasteiger partial charge in [-0.3, -0.25) is 24.5 Å². The lowest BCUT2D eigenvalue weighted by Gasteiger charge is -2.18. The van der Waals surface area contributed by atoms with Crippen molar-refractivity contribution in [3.63, 3.8) is 0 Å². The number of hydrogen-bond acceptors (Lipinski definition) is 6. The number of fused-ring (bicyclic) bond motifs is 1. The number of halogens is 1. The van der Waals surface area contributed by atoms with Crippen molar-refractivity contribution in [2.24, 2.45) is 0 Å². The largest absolute Gasteiger partial charge is 0.468 e. The zero-order chi connectivity index (χ0) is 15.7. The number of alkyl halides is 1. The van der Waals surface area contributed by atoms with Crippen molar-refractivity contribution in [2.45, 2.75) is 4.83 Å². The normalized spacial score (nSPS) is 14.9. The summed E-state index contributed by atoms with van der Waals surface area (Å²) in [5.74, 6) is -2.26. The topological polar surface area (TPSA) is 107 Å². The lowest BCUT2D eigenvalue weighted by atomic mass is 10.1. The first-order chi connectivity index (χ1) is 9.86. The Morgan fingerprint density at radius 3 is 2.71 bits per heavy atom. The number of hydrogen-bond donors (Lipinski definition) is 0. The van der Waals surface area contributed by atoms with Gasteiger partial charge in [-0.05, 0) is 6.07 Å². The molecule has 1 atom stereocenters. The van der Waals surface area contributed by atoms with E-state index >= 15 is 0 Å². The molecule has 1 heterocycles. The summed E-state index contributed by atoms with van der Waals surface area (Å²) in [6.45, 7) is -0.109. The number of nitro groups is 1. The van der Waals surface area contributed by atoms with Crippen LogP contribution in [0.1, 0.15) is 10.4 Å². The molecule has 0 fully saturated rings. The monoisotopic (exact) mass is 356 g/mol. The lowest BCUT2D eigenvalue weighted by molar-refractivity contribution is -0.384. The Kier molecular flexibility index (Phi) is 4.03. The molecule has 0 saturated carbocycles. The molecule has 8 nitrogen and oxygen atoms in total. The lowest BCUT2D eigenvalue weighted by Crippen LogP contribution is -2.37. The van der Waals surface area contributed by atoms with E-state index < -0.39 is 27.4 Å². The highest BCUT2D eigenvalue weighted by Crippen LogP contribution is 2.32. The van der Waals surface area contributed by atoms with E-state index in [2.05, 4.69) is 20.7 Å². The number of nitrogens with zero attached hydrogens (tertiary/aromatic N) is 2. The van der Waals surface area contributed by atoms with Gasteiger partial charge >= 0.3 is 5.97 Å². The quantitative estimate of drug-likeness (QED) is 0.262. The van der Waals surface area contributed by atoms with E-state index in [1.54, 1.807) is 0 Å². The number of rotatable bonds is 4. The Bertz CT molecular complexity index is 659. The van der Waals surface area contributed by atoms with Gasteiger partial charge in [0.1, 0.15) is 4.83 Å². The van der Waals surface area contributed by atoms with Crippen molar-refractivity contribution in [3.8, 4) is 0 Å². The molecule has 0 saturated heterocycles. The highest BCUT2D eigenvalue weighted by Gasteiger charge is 2.38. The van der Waals surface area contributed by atoms with Crippen LogP contribution >= 0.6 is 15.9 Å². The van der Waals surface area contributed by atoms with Gasteiger partial charge in [-0.25, -0.2) is 0 Å². The van der Waals surface area contributed by atoms with Crippen molar-refractivity contribution in [1.82, 2.24) is 0 Å². The zero-order valence-electron chi connectivity index (χ0n) is 10.7. The molecule has 0 radical (unpaired) electrons. The number of ketones is 1. The first kappa shape index (κ1) is 15.1. The molecule has 110 valence electrons. The molecule has 0 spiro atoms. The molecule has 21 heavy (non-hydrogen) atoms. The van der Waals surface area contributed by atoms with Gasteiger partial charge in [-0.2, -0.15) is 0 Å². The minimum Gasteiger partial charge on any atom is -0.468 e. The third kappa shape index (κ3) is 2.64. The Morgan fingerprint density at radius 2 is 2.14 bits per heavy atom. The molecule has 1 aliphatic heterocycles. The first-order valence-electron chi connectivity index (χ1n) is 5.73. The molecule has 0 bridgehead atoms. The highest BCUT2D eigenvalue weighted by atomic mass is 79.9. The van der Waals surface area contributed by atoms with E-state index in [-0.39, 0.29) is 23.5 Å². The number of methoxy groups -OCH3 is 1. The summed E-state index contributed by atoms with van der Waals surface area (Å²) in [6.07, 6.45) is 0. The number of carbonyl (C=O) groups excluding carboxylic acids is 3. The van der Waals surface area contributed by atoms with Crippen LogP contribution < -0.4 is 4.90 Å². The van der Waals surface area contributed by atoms with Crippen molar-refractivity contribution in [3.05, 3.63) is 33.9 Å². The maximum Gasteiger partial charge on any atom is 0.321 e. The number of anilines is 1. The van der Waals surface area contributed by atoms with Gasteiger partial charge in [-0.15, -0.1) is 0 Å². The third-order valence-electron chi connectivity index (χ3n) is 2.97. The van der Waals surface area contributed by atoms with E-state index in [1.807, 2.05) is 0 Å². The number of nitro benzene ring substituents is 1. The molecule has 1 aromatic carbocycles. The van der Waals surface area contributed by atoms with Crippen molar-refractivity contribution >= 4 is 45.0 Å². The standard InChI is InChI=1S/C12H9BrN2O6/c1-21-12(18)8(13)5-14-9-3-2-6(15(19)20)4-7(9)10(16)11(14)17/h2-4,8H,5H2,1H3. The van der Waals surface area contributed by atoms with Crippen molar-refractivity contribution < 1.29 is 24.0 Å². The number of ether oxygens (including phenoxy) is 1. The summed E-state index contributed by atoms with van der Waals surface area (Å²) in [4.78, 5) is 45.5. The summed E-state index contributed by atoms with van der Waals surface area (Å²) < 4.78 is 4.52. The maximum absolute atomic E-state index is 11.9. The molecule has 0 aromatic heterocycles. The number of esters is 1. The third-order valence-corrected chi connectivity index (χ3v) is 3.63. The summed E-state index contributed by atoms with van der Waals surface area (Å²) in [5.41, 5.74) is -0.0807. The molecule has 0 N–H and O–H groups in total. The Labute approximate surface area is 126 Å². The second kappa shape index (κ2) is 5.60. The van der Waals surface area contributed by atoms with Crippen LogP contribution in [0.3, 0.4) is 0 Å². The maximum atomic E-state index is 11.9. The second-order valence-corrected chi connectivity index (χ2v) is 5.30. The average Bonchev–Trinajstić information content (AvgIpc) is 2.71. The van der Waals surface area contributed by atoms with Crippen LogP contribution in [0.25, 0.3) is 0 Å². The number of amides is 1. The second-order valence-electron chi connectivity index (χ2n) is 4.19. The summed E-state index contributed by atoms with van der Waals surface area (Å²) >= 11 is 3.06. The smallest absolute Gasteiger partial charge is 0.321 e. The minimum atomic E-state index is -0.835. The van der Waals surface area contributed by atoms with Gasteiger partial charge in [0.15, 0.2) is 0 Å². The van der Waals surface area contributed by atoms with E-state index in [0.29, 0.717) is 0 Å². The van der Waals surface area contributed by atoms with Crippen molar-refractivity contribution in [2.75, 3.05) is 18.6 Å². The van der Waals surface area contributed by atoms with Crippen LogP contribution in [-0.4, -0.2) is 41.1 Å². The van der Waals surface area contributed by atoms with E-state index in [1.165, 1.54) is 19.2 Å². The molecule has 1 aliphatic rings. The summed E-state index contributed by atoms with van der Waals surface area (Å²) in [6, 6.07) is 3.56. The number of benzene rings is 1. The fourth-order valence-electron chi connectivity index (χ4n) is 1.95. The predicted octanol–water partition coefficient (Wildman–Crippen LogP) is 1.06. The van der Waals surface area contributed by atoms with Crippen LogP contribution in [0.15, 0.2) is 18.2 Å². The fraction of sp³-hybridized carbons (Fsp3) is 0.250.